The molecule has 384 valence electrons. The van der Waals surface area contributed by atoms with Crippen LogP contribution in [0.1, 0.15) is 133 Å². The van der Waals surface area contributed by atoms with Crippen molar-refractivity contribution in [1.29, 1.82) is 0 Å². The molecular formula is C67H80O6. The molecule has 3 aliphatic heterocycles. The van der Waals surface area contributed by atoms with Crippen molar-refractivity contribution < 1.29 is 28.4 Å². The van der Waals surface area contributed by atoms with Crippen molar-refractivity contribution in [2.24, 2.45) is 35.5 Å². The molecule has 3 heterocycles. The van der Waals surface area contributed by atoms with Gasteiger partial charge in [0.1, 0.15) is 17.3 Å². The molecule has 2 saturated carbocycles. The predicted octanol–water partition coefficient (Wildman–Crippen LogP) is 15.8. The third-order valence-electron chi connectivity index (χ3n) is 17.8. The van der Waals surface area contributed by atoms with Crippen LogP contribution >= 0.6 is 0 Å². The Morgan fingerprint density at radius 3 is 1.92 bits per heavy atom. The highest BCUT2D eigenvalue weighted by atomic mass is 16.6. The second-order valence-electron chi connectivity index (χ2n) is 23.2. The smallest absolute Gasteiger partial charge is 0.127 e. The predicted molar refractivity (Wildman–Crippen MR) is 295 cm³/mol. The molecule has 5 fully saturated rings. The molecule has 3 saturated heterocycles. The van der Waals surface area contributed by atoms with E-state index < -0.39 is 5.41 Å². The van der Waals surface area contributed by atoms with Crippen molar-refractivity contribution in [3.63, 3.8) is 0 Å². The van der Waals surface area contributed by atoms with E-state index in [4.69, 9.17) is 28.4 Å². The van der Waals surface area contributed by atoms with E-state index in [9.17, 15) is 0 Å². The van der Waals surface area contributed by atoms with Crippen LogP contribution in [0.3, 0.4) is 0 Å². The van der Waals surface area contributed by atoms with Gasteiger partial charge in [0.15, 0.2) is 0 Å². The minimum Gasteiger partial charge on any atom is -0.497 e. The van der Waals surface area contributed by atoms with Gasteiger partial charge in [-0.15, -0.1) is 0 Å². The summed E-state index contributed by atoms with van der Waals surface area (Å²) in [5, 5.41) is 0. The van der Waals surface area contributed by atoms with E-state index in [0.29, 0.717) is 49.3 Å². The molecular weight excluding hydrogens is 901 g/mol. The fourth-order valence-corrected chi connectivity index (χ4v) is 13.8. The van der Waals surface area contributed by atoms with Crippen LogP contribution < -0.4 is 9.47 Å². The van der Waals surface area contributed by atoms with Crippen molar-refractivity contribution in [2.75, 3.05) is 33.0 Å². The number of benzene rings is 5. The molecule has 73 heavy (non-hydrogen) atoms. The lowest BCUT2D eigenvalue weighted by Gasteiger charge is -2.39. The first-order chi connectivity index (χ1) is 35.7. The third kappa shape index (κ3) is 10.6. The van der Waals surface area contributed by atoms with Crippen LogP contribution in [-0.4, -0.2) is 57.5 Å². The quantitative estimate of drug-likeness (QED) is 0.0918. The maximum absolute atomic E-state index is 7.08. The highest BCUT2D eigenvalue weighted by Gasteiger charge is 2.50. The van der Waals surface area contributed by atoms with Gasteiger partial charge in [-0.25, -0.2) is 0 Å². The minimum absolute atomic E-state index is 0.270. The van der Waals surface area contributed by atoms with Gasteiger partial charge in [-0.1, -0.05) is 143 Å². The van der Waals surface area contributed by atoms with Crippen LogP contribution in [-0.2, 0) is 24.4 Å². The van der Waals surface area contributed by atoms with E-state index in [1.165, 1.54) is 88.6 Å². The number of epoxide rings is 1. The average Bonchev–Trinajstić information content (AvgIpc) is 3.94. The van der Waals surface area contributed by atoms with Gasteiger partial charge in [0.2, 0.25) is 0 Å². The summed E-state index contributed by atoms with van der Waals surface area (Å²) in [6.45, 7) is 17.4. The Kier molecular flexibility index (Phi) is 15.1. The van der Waals surface area contributed by atoms with Gasteiger partial charge in [-0.3, -0.25) is 0 Å². The lowest BCUT2D eigenvalue weighted by molar-refractivity contribution is 0.114. The molecule has 0 N–H and O–H groups in total. The first kappa shape index (κ1) is 50.0. The number of hydrogen-bond donors (Lipinski definition) is 0. The molecule has 0 spiro atoms. The Morgan fingerprint density at radius 1 is 0.575 bits per heavy atom. The fraction of sp³-hybridized carbons (Fsp3) is 0.493. The number of ether oxygens (including phenoxy) is 6. The molecule has 10 atom stereocenters. The van der Waals surface area contributed by atoms with Crippen molar-refractivity contribution in [1.82, 2.24) is 0 Å². The monoisotopic (exact) mass is 981 g/mol. The van der Waals surface area contributed by atoms with Crippen molar-refractivity contribution in [3.8, 4) is 33.8 Å². The highest BCUT2D eigenvalue weighted by molar-refractivity contribution is 5.90. The average molecular weight is 981 g/mol. The SMILES string of the molecule is CCC1COC(C)C1.CCCC1CC(COC2=C(c3ccccc3)C=C(C3(c4ccc(OCC5COC(C)C5)c(-c5ccccc5)c4)c4cc(C)ccc4-c4ccc(OCC5CC6OC6C5)cc43)CC2)CC1C. The summed E-state index contributed by atoms with van der Waals surface area (Å²) >= 11 is 0. The summed E-state index contributed by atoms with van der Waals surface area (Å²) in [4.78, 5) is 0. The lowest BCUT2D eigenvalue weighted by Crippen LogP contribution is -2.31. The van der Waals surface area contributed by atoms with Crippen molar-refractivity contribution in [2.45, 2.75) is 142 Å². The molecule has 4 aliphatic carbocycles. The highest BCUT2D eigenvalue weighted by Crippen LogP contribution is 2.60. The van der Waals surface area contributed by atoms with Gasteiger partial charge in [0.05, 0.1) is 56.3 Å². The Labute approximate surface area is 436 Å². The summed E-state index contributed by atoms with van der Waals surface area (Å²) in [5.41, 5.74) is 13.1. The number of aryl methyl sites for hydroxylation is 1. The molecule has 0 aromatic heterocycles. The van der Waals surface area contributed by atoms with Crippen LogP contribution in [0.5, 0.6) is 11.5 Å². The molecule has 10 unspecified atom stereocenters. The Balaban J connectivity index is 0.000000657. The van der Waals surface area contributed by atoms with Crippen LogP contribution in [0, 0.1) is 42.4 Å². The van der Waals surface area contributed by atoms with Gasteiger partial charge in [-0.2, -0.15) is 0 Å². The molecule has 12 rings (SSSR count). The second kappa shape index (κ2) is 22.0. The van der Waals surface area contributed by atoms with Crippen LogP contribution in [0.25, 0.3) is 27.8 Å². The summed E-state index contributed by atoms with van der Waals surface area (Å²) in [7, 11) is 0. The Bertz CT molecular complexity index is 2750. The first-order valence-electron chi connectivity index (χ1n) is 28.4. The number of rotatable bonds is 16. The van der Waals surface area contributed by atoms with Gasteiger partial charge < -0.3 is 28.4 Å². The molecule has 0 amide bonds. The lowest BCUT2D eigenvalue weighted by atomic mass is 9.64. The van der Waals surface area contributed by atoms with Crippen molar-refractivity contribution >= 4 is 5.57 Å². The summed E-state index contributed by atoms with van der Waals surface area (Å²) in [6.07, 6.45) is 16.8. The molecule has 0 radical (unpaired) electrons. The zero-order valence-electron chi connectivity index (χ0n) is 44.6. The standard InChI is InChI=1S/C60H66O5.C7H14O/c1-5-12-46-28-41(26-39(46)3)35-63-56-23-18-47(31-52(56)44-13-8-6-9-14-44)60(48-19-24-57(64-37-43-27-40(4)61-36-43)53(32-48)45-15-10-7-11-16-45)54-25-38(2)17-21-50(54)51-22-20-49(33-55(51)60)62-34-42-29-58-59(30-42)65-58;1-3-7-4-6(2)8-5-7/h6-11,13-17,19-22,24-25,31-33,39-43,46,58-59H,5,12,18,23,26-30,34-37H2,1-4H3;6-7H,3-5H2,1-2H3. The second-order valence-corrected chi connectivity index (χ2v) is 23.2. The van der Waals surface area contributed by atoms with E-state index in [1.54, 1.807) is 0 Å². The van der Waals surface area contributed by atoms with Gasteiger partial charge >= 0.3 is 0 Å². The summed E-state index contributed by atoms with van der Waals surface area (Å²) in [6, 6.07) is 42.9. The van der Waals surface area contributed by atoms with Gasteiger partial charge in [-0.05, 0) is 164 Å². The largest absolute Gasteiger partial charge is 0.497 e. The Hall–Kier alpha value is -5.14. The van der Waals surface area contributed by atoms with Gasteiger partial charge in [0, 0.05) is 30.1 Å². The van der Waals surface area contributed by atoms with E-state index >= 15 is 0 Å². The summed E-state index contributed by atoms with van der Waals surface area (Å²) < 4.78 is 37.8. The fourth-order valence-electron chi connectivity index (χ4n) is 13.8. The van der Waals surface area contributed by atoms with Crippen molar-refractivity contribution in [3.05, 3.63) is 160 Å². The molecule has 5 aromatic rings. The van der Waals surface area contributed by atoms with E-state index in [1.807, 2.05) is 0 Å². The van der Waals surface area contributed by atoms with Crippen LogP contribution in [0.4, 0.5) is 0 Å². The molecule has 6 heteroatoms. The number of allylic oxidation sites excluding steroid dienone is 4. The molecule has 5 aromatic carbocycles. The normalized spacial score (nSPS) is 29.8. The molecule has 0 bridgehead atoms. The molecule has 6 nitrogen and oxygen atoms in total. The van der Waals surface area contributed by atoms with Crippen LogP contribution in [0.2, 0.25) is 0 Å². The zero-order chi connectivity index (χ0) is 50.1. The van der Waals surface area contributed by atoms with Crippen LogP contribution in [0.15, 0.2) is 133 Å². The molecule has 7 aliphatic rings. The minimum atomic E-state index is -0.616. The maximum Gasteiger partial charge on any atom is 0.127 e. The van der Waals surface area contributed by atoms with E-state index in [0.717, 1.165) is 98.1 Å². The zero-order valence-corrected chi connectivity index (χ0v) is 44.6. The third-order valence-corrected chi connectivity index (χ3v) is 17.8. The van der Waals surface area contributed by atoms with E-state index in [2.05, 4.69) is 163 Å². The maximum atomic E-state index is 7.08. The first-order valence-corrected chi connectivity index (χ1v) is 28.4. The number of fused-ring (bicyclic) bond motifs is 4. The van der Waals surface area contributed by atoms with Gasteiger partial charge in [0.25, 0.3) is 0 Å². The topological polar surface area (TPSA) is 58.7 Å². The summed E-state index contributed by atoms with van der Waals surface area (Å²) in [5.74, 6) is 6.89. The Morgan fingerprint density at radius 2 is 1.23 bits per heavy atom. The number of hydrogen-bond acceptors (Lipinski definition) is 6. The van der Waals surface area contributed by atoms with E-state index in [-0.39, 0.29) is 6.10 Å².